The fourth-order valence-corrected chi connectivity index (χ4v) is 1.67. The maximum Gasteiger partial charge on any atom is 0.246 e. The molecule has 92 valence electrons. The van der Waals surface area contributed by atoms with Crippen LogP contribution < -0.4 is 0 Å². The topological polar surface area (TPSA) is 20.3 Å². The summed E-state index contributed by atoms with van der Waals surface area (Å²) in [5.74, 6) is -0.136. The third-order valence-electron chi connectivity index (χ3n) is 2.50. The predicted molar refractivity (Wildman–Crippen MR) is 74.6 cm³/mol. The Morgan fingerprint density at radius 3 is 1.59 bits per heavy atom. The second-order valence-corrected chi connectivity index (χ2v) is 3.60. The van der Waals surface area contributed by atoms with Crippen LogP contribution >= 0.6 is 0 Å². The van der Waals surface area contributed by atoms with Crippen LogP contribution in [0.5, 0.6) is 0 Å². The van der Waals surface area contributed by atoms with Crippen molar-refractivity contribution in [1.82, 2.24) is 4.90 Å². The molecule has 0 aliphatic heterocycles. The number of carbonyl (C=O) groups excluding carboxylic acids is 1. The molecule has 0 N–H and O–H groups in total. The van der Waals surface area contributed by atoms with E-state index in [-0.39, 0.29) is 18.0 Å². The zero-order valence-corrected chi connectivity index (χ0v) is 10.3. The molecule has 0 heterocycles. The Labute approximate surface area is 104 Å². The summed E-state index contributed by atoms with van der Waals surface area (Å²) in [6, 6.07) is -0.193. The Bertz CT molecular complexity index is 295. The lowest BCUT2D eigenvalue weighted by molar-refractivity contribution is -0.128. The van der Waals surface area contributed by atoms with E-state index in [2.05, 4.69) is 32.9 Å². The summed E-state index contributed by atoms with van der Waals surface area (Å²) in [6.07, 6.45) is 9.63. The van der Waals surface area contributed by atoms with Gasteiger partial charge in [-0.25, -0.2) is 0 Å². The van der Waals surface area contributed by atoms with Crippen LogP contribution in [0.1, 0.15) is 12.8 Å². The molecule has 1 amide bonds. The van der Waals surface area contributed by atoms with Gasteiger partial charge >= 0.3 is 0 Å². The molecule has 0 aromatic carbocycles. The van der Waals surface area contributed by atoms with Crippen molar-refractivity contribution in [1.29, 1.82) is 0 Å². The minimum atomic E-state index is -0.136. The van der Waals surface area contributed by atoms with Crippen LogP contribution in [0, 0.1) is 0 Å². The molecule has 0 aliphatic rings. The van der Waals surface area contributed by atoms with Gasteiger partial charge in [0.1, 0.15) is 0 Å². The molecular weight excluding hydrogens is 210 g/mol. The van der Waals surface area contributed by atoms with Gasteiger partial charge in [-0.1, -0.05) is 30.9 Å². The highest BCUT2D eigenvalue weighted by molar-refractivity contribution is 5.88. The lowest BCUT2D eigenvalue weighted by atomic mass is 10.1. The van der Waals surface area contributed by atoms with E-state index in [1.807, 2.05) is 0 Å². The molecule has 2 atom stereocenters. The maximum absolute atomic E-state index is 11.9. The fraction of sp³-hybridized carbons (Fsp3) is 0.267. The third kappa shape index (κ3) is 4.27. The van der Waals surface area contributed by atoms with Crippen molar-refractivity contribution in [3.05, 3.63) is 63.3 Å². The summed E-state index contributed by atoms with van der Waals surface area (Å²) in [5, 5.41) is 0. The molecular formula is C15H21NO. The van der Waals surface area contributed by atoms with Crippen LogP contribution in [-0.2, 0) is 4.79 Å². The van der Waals surface area contributed by atoms with Crippen molar-refractivity contribution >= 4 is 5.91 Å². The Morgan fingerprint density at radius 1 is 0.941 bits per heavy atom. The predicted octanol–water partition coefficient (Wildman–Crippen LogP) is 3.26. The molecule has 2 unspecified atom stereocenters. The SMILES string of the molecule is C=CCC(C=C)N(C(=O)C=C)C(C=C)CC=C. The first-order valence-corrected chi connectivity index (χ1v) is 5.57. The summed E-state index contributed by atoms with van der Waals surface area (Å²) in [7, 11) is 0. The number of hydrogen-bond donors (Lipinski definition) is 0. The number of rotatable bonds is 9. The highest BCUT2D eigenvalue weighted by Gasteiger charge is 2.24. The molecule has 0 saturated carbocycles. The first-order chi connectivity index (χ1) is 8.15. The van der Waals surface area contributed by atoms with Crippen molar-refractivity contribution < 1.29 is 4.79 Å². The van der Waals surface area contributed by atoms with Gasteiger partial charge in [0, 0.05) is 0 Å². The van der Waals surface area contributed by atoms with E-state index >= 15 is 0 Å². The van der Waals surface area contributed by atoms with Crippen LogP contribution in [0.3, 0.4) is 0 Å². The smallest absolute Gasteiger partial charge is 0.246 e. The zero-order valence-electron chi connectivity index (χ0n) is 10.3. The molecule has 0 saturated heterocycles. The van der Waals surface area contributed by atoms with Gasteiger partial charge in [-0.3, -0.25) is 4.79 Å². The van der Waals surface area contributed by atoms with E-state index in [1.54, 1.807) is 29.2 Å². The summed E-state index contributed by atoms with van der Waals surface area (Å²) < 4.78 is 0. The maximum atomic E-state index is 11.9. The van der Waals surface area contributed by atoms with Crippen molar-refractivity contribution in [2.75, 3.05) is 0 Å². The normalized spacial score (nSPS) is 12.9. The minimum Gasteiger partial charge on any atom is -0.326 e. The van der Waals surface area contributed by atoms with Crippen molar-refractivity contribution in [2.24, 2.45) is 0 Å². The first kappa shape index (κ1) is 15.2. The monoisotopic (exact) mass is 231 g/mol. The van der Waals surface area contributed by atoms with Crippen molar-refractivity contribution in [3.63, 3.8) is 0 Å². The van der Waals surface area contributed by atoms with Gasteiger partial charge in [0.25, 0.3) is 0 Å². The number of carbonyl (C=O) groups is 1. The molecule has 2 heteroatoms. The number of amides is 1. The van der Waals surface area contributed by atoms with Gasteiger partial charge < -0.3 is 4.90 Å². The van der Waals surface area contributed by atoms with Gasteiger partial charge in [-0.05, 0) is 18.9 Å². The van der Waals surface area contributed by atoms with E-state index in [9.17, 15) is 4.79 Å². The van der Waals surface area contributed by atoms with E-state index < -0.39 is 0 Å². The van der Waals surface area contributed by atoms with Crippen molar-refractivity contribution in [3.8, 4) is 0 Å². The van der Waals surface area contributed by atoms with Crippen LogP contribution in [0.25, 0.3) is 0 Å². The van der Waals surface area contributed by atoms with Gasteiger partial charge in [-0.2, -0.15) is 0 Å². The lowest BCUT2D eigenvalue weighted by Crippen LogP contribution is -2.44. The Balaban J connectivity index is 5.18. The summed E-state index contributed by atoms with van der Waals surface area (Å²) in [5.41, 5.74) is 0. The summed E-state index contributed by atoms with van der Waals surface area (Å²) in [6.45, 7) is 18.4. The summed E-state index contributed by atoms with van der Waals surface area (Å²) in [4.78, 5) is 13.6. The van der Waals surface area contributed by atoms with E-state index in [0.717, 1.165) is 0 Å². The van der Waals surface area contributed by atoms with Crippen LogP contribution in [0.2, 0.25) is 0 Å². The van der Waals surface area contributed by atoms with E-state index in [4.69, 9.17) is 0 Å². The largest absolute Gasteiger partial charge is 0.326 e. The van der Waals surface area contributed by atoms with Crippen molar-refractivity contribution in [2.45, 2.75) is 24.9 Å². The summed E-state index contributed by atoms with van der Waals surface area (Å²) >= 11 is 0. The van der Waals surface area contributed by atoms with Gasteiger partial charge in [0.15, 0.2) is 0 Å². The van der Waals surface area contributed by atoms with Gasteiger partial charge in [-0.15, -0.1) is 26.3 Å². The Hall–Kier alpha value is -1.83. The molecule has 0 aromatic rings. The molecule has 0 radical (unpaired) electrons. The van der Waals surface area contributed by atoms with Crippen LogP contribution in [-0.4, -0.2) is 22.9 Å². The highest BCUT2D eigenvalue weighted by Crippen LogP contribution is 2.16. The van der Waals surface area contributed by atoms with E-state index in [1.165, 1.54) is 6.08 Å². The van der Waals surface area contributed by atoms with Gasteiger partial charge in [0.2, 0.25) is 5.91 Å². The Kier molecular flexibility index (Phi) is 7.44. The zero-order chi connectivity index (χ0) is 13.3. The first-order valence-electron chi connectivity index (χ1n) is 5.57. The highest BCUT2D eigenvalue weighted by atomic mass is 16.2. The minimum absolute atomic E-state index is 0.0963. The molecule has 0 rings (SSSR count). The fourth-order valence-electron chi connectivity index (χ4n) is 1.67. The second-order valence-electron chi connectivity index (χ2n) is 3.60. The molecule has 0 aromatic heterocycles. The second kappa shape index (κ2) is 8.34. The van der Waals surface area contributed by atoms with Gasteiger partial charge in [0.05, 0.1) is 12.1 Å². The van der Waals surface area contributed by atoms with Crippen LogP contribution in [0.15, 0.2) is 63.3 Å². The molecule has 0 bridgehead atoms. The molecule has 0 spiro atoms. The number of nitrogens with zero attached hydrogens (tertiary/aromatic N) is 1. The third-order valence-corrected chi connectivity index (χ3v) is 2.50. The quantitative estimate of drug-likeness (QED) is 0.440. The lowest BCUT2D eigenvalue weighted by Gasteiger charge is -2.34. The molecule has 17 heavy (non-hydrogen) atoms. The molecule has 2 nitrogen and oxygen atoms in total. The average Bonchev–Trinajstić information content (AvgIpc) is 2.36. The number of hydrogen-bond acceptors (Lipinski definition) is 1. The average molecular weight is 231 g/mol. The molecule has 0 aliphatic carbocycles. The van der Waals surface area contributed by atoms with Crippen LogP contribution in [0.4, 0.5) is 0 Å². The molecule has 0 fully saturated rings. The Morgan fingerprint density at radius 2 is 1.35 bits per heavy atom. The van der Waals surface area contributed by atoms with E-state index in [0.29, 0.717) is 12.8 Å². The standard InChI is InChI=1S/C15H21NO/c1-6-11-13(8-3)16(15(17)10-5)14(9-4)12-7-2/h6-10,13-14H,1-5,11-12H2.